The maximum Gasteiger partial charge on any atom is 0.241 e. The topological polar surface area (TPSA) is 32.3 Å². The van der Waals surface area contributed by atoms with Gasteiger partial charge in [0.1, 0.15) is 0 Å². The highest BCUT2D eigenvalue weighted by molar-refractivity contribution is 5.85. The lowest BCUT2D eigenvalue weighted by Crippen LogP contribution is -2.47. The van der Waals surface area contributed by atoms with Crippen LogP contribution in [0.5, 0.6) is 0 Å². The van der Waals surface area contributed by atoms with E-state index in [9.17, 15) is 4.79 Å². The molecule has 0 aromatic rings. The van der Waals surface area contributed by atoms with Crippen LogP contribution in [0.2, 0.25) is 0 Å². The number of carbonyl (C=O) groups is 1. The van der Waals surface area contributed by atoms with Gasteiger partial charge in [0.15, 0.2) is 0 Å². The van der Waals surface area contributed by atoms with E-state index in [1.54, 1.807) is 0 Å². The van der Waals surface area contributed by atoms with Gasteiger partial charge in [-0.2, -0.15) is 0 Å². The van der Waals surface area contributed by atoms with Gasteiger partial charge >= 0.3 is 0 Å². The van der Waals surface area contributed by atoms with Crippen LogP contribution < -0.4 is 5.32 Å². The van der Waals surface area contributed by atoms with Gasteiger partial charge in [-0.3, -0.25) is 10.1 Å². The zero-order valence-corrected chi connectivity index (χ0v) is 13.0. The molecular formula is C16H30N2O. The van der Waals surface area contributed by atoms with Crippen LogP contribution in [0.3, 0.4) is 0 Å². The maximum absolute atomic E-state index is 12.7. The van der Waals surface area contributed by atoms with Crippen LogP contribution in [0.4, 0.5) is 0 Å². The van der Waals surface area contributed by atoms with Gasteiger partial charge in [0.2, 0.25) is 5.91 Å². The summed E-state index contributed by atoms with van der Waals surface area (Å²) >= 11 is 0. The van der Waals surface area contributed by atoms with Crippen molar-refractivity contribution in [2.45, 2.75) is 84.5 Å². The van der Waals surface area contributed by atoms with E-state index < -0.39 is 0 Å². The molecule has 1 heterocycles. The molecule has 1 aliphatic heterocycles. The second-order valence-corrected chi connectivity index (χ2v) is 6.76. The van der Waals surface area contributed by atoms with E-state index in [2.05, 4.69) is 37.9 Å². The molecule has 110 valence electrons. The lowest BCUT2D eigenvalue weighted by molar-refractivity contribution is -0.133. The first-order valence-electron chi connectivity index (χ1n) is 8.14. The SMILES string of the molecule is CCCC(C)N1C(=O)C(C(C)C)NC1C1CCCC1. The van der Waals surface area contributed by atoms with Gasteiger partial charge in [-0.05, 0) is 38.0 Å². The van der Waals surface area contributed by atoms with Crippen molar-refractivity contribution in [3.05, 3.63) is 0 Å². The average Bonchev–Trinajstić information content (AvgIpc) is 2.95. The minimum absolute atomic E-state index is 0.0323. The Morgan fingerprint density at radius 1 is 1.26 bits per heavy atom. The number of hydrogen-bond acceptors (Lipinski definition) is 2. The Morgan fingerprint density at radius 3 is 2.42 bits per heavy atom. The molecule has 1 saturated heterocycles. The van der Waals surface area contributed by atoms with E-state index in [-0.39, 0.29) is 6.04 Å². The normalized spacial score (nSPS) is 30.6. The fourth-order valence-electron chi connectivity index (χ4n) is 3.80. The summed E-state index contributed by atoms with van der Waals surface area (Å²) in [4.78, 5) is 14.9. The summed E-state index contributed by atoms with van der Waals surface area (Å²) < 4.78 is 0. The number of hydrogen-bond donors (Lipinski definition) is 1. The van der Waals surface area contributed by atoms with E-state index in [1.807, 2.05) is 0 Å². The summed E-state index contributed by atoms with van der Waals surface area (Å²) in [6, 6.07) is 0.407. The molecule has 2 rings (SSSR count). The van der Waals surface area contributed by atoms with Gasteiger partial charge in [-0.25, -0.2) is 0 Å². The molecule has 1 N–H and O–H groups in total. The maximum atomic E-state index is 12.7. The van der Waals surface area contributed by atoms with Crippen LogP contribution in [0.1, 0.15) is 66.2 Å². The summed E-state index contributed by atoms with van der Waals surface area (Å²) in [7, 11) is 0. The van der Waals surface area contributed by atoms with E-state index in [1.165, 1.54) is 25.7 Å². The molecule has 19 heavy (non-hydrogen) atoms. The molecule has 0 bridgehead atoms. The zero-order chi connectivity index (χ0) is 14.0. The average molecular weight is 266 g/mol. The van der Waals surface area contributed by atoms with Crippen molar-refractivity contribution in [3.8, 4) is 0 Å². The number of nitrogens with zero attached hydrogens (tertiary/aromatic N) is 1. The highest BCUT2D eigenvalue weighted by atomic mass is 16.2. The van der Waals surface area contributed by atoms with Crippen LogP contribution in [0.15, 0.2) is 0 Å². The van der Waals surface area contributed by atoms with E-state index >= 15 is 0 Å². The summed E-state index contributed by atoms with van der Waals surface area (Å²) in [5.41, 5.74) is 0. The van der Waals surface area contributed by atoms with Crippen molar-refractivity contribution in [3.63, 3.8) is 0 Å². The molecule has 3 unspecified atom stereocenters. The van der Waals surface area contributed by atoms with Crippen LogP contribution >= 0.6 is 0 Å². The predicted octanol–water partition coefficient (Wildman–Crippen LogP) is 3.15. The molecule has 3 atom stereocenters. The molecule has 0 radical (unpaired) electrons. The van der Waals surface area contributed by atoms with E-state index in [0.717, 1.165) is 12.8 Å². The van der Waals surface area contributed by atoms with E-state index in [0.29, 0.717) is 30.0 Å². The molecule has 2 aliphatic rings. The fourth-order valence-corrected chi connectivity index (χ4v) is 3.80. The third kappa shape index (κ3) is 2.96. The van der Waals surface area contributed by atoms with Gasteiger partial charge in [-0.1, -0.05) is 40.0 Å². The van der Waals surface area contributed by atoms with Crippen molar-refractivity contribution < 1.29 is 4.79 Å². The van der Waals surface area contributed by atoms with Crippen molar-refractivity contribution >= 4 is 5.91 Å². The first-order valence-corrected chi connectivity index (χ1v) is 8.14. The lowest BCUT2D eigenvalue weighted by Gasteiger charge is -2.33. The molecule has 0 aromatic carbocycles. The number of carbonyl (C=O) groups excluding carboxylic acids is 1. The highest BCUT2D eigenvalue weighted by Crippen LogP contribution is 2.34. The molecule has 0 spiro atoms. The minimum atomic E-state index is 0.0323. The van der Waals surface area contributed by atoms with E-state index in [4.69, 9.17) is 0 Å². The second-order valence-electron chi connectivity index (χ2n) is 6.76. The van der Waals surface area contributed by atoms with Crippen LogP contribution in [-0.4, -0.2) is 29.1 Å². The minimum Gasteiger partial charge on any atom is -0.323 e. The number of rotatable bonds is 5. The van der Waals surface area contributed by atoms with Crippen LogP contribution in [0.25, 0.3) is 0 Å². The van der Waals surface area contributed by atoms with Gasteiger partial charge in [0.05, 0.1) is 12.2 Å². The molecular weight excluding hydrogens is 236 g/mol. The Bertz CT molecular complexity index is 310. The van der Waals surface area contributed by atoms with Crippen LogP contribution in [0, 0.1) is 11.8 Å². The largest absolute Gasteiger partial charge is 0.323 e. The number of amides is 1. The quantitative estimate of drug-likeness (QED) is 0.829. The smallest absolute Gasteiger partial charge is 0.241 e. The molecule has 2 fully saturated rings. The Labute approximate surface area is 118 Å². The van der Waals surface area contributed by atoms with Gasteiger partial charge in [0.25, 0.3) is 0 Å². The lowest BCUT2D eigenvalue weighted by atomic mass is 10.0. The zero-order valence-electron chi connectivity index (χ0n) is 13.0. The molecule has 3 heteroatoms. The summed E-state index contributed by atoms with van der Waals surface area (Å²) in [6.45, 7) is 8.72. The van der Waals surface area contributed by atoms with Crippen LogP contribution in [-0.2, 0) is 4.79 Å². The Balaban J connectivity index is 2.15. The molecule has 0 aromatic heterocycles. The van der Waals surface area contributed by atoms with Crippen molar-refractivity contribution in [1.29, 1.82) is 0 Å². The van der Waals surface area contributed by atoms with Crippen molar-refractivity contribution in [2.24, 2.45) is 11.8 Å². The molecule has 1 amide bonds. The molecule has 1 saturated carbocycles. The third-order valence-corrected chi connectivity index (χ3v) is 4.86. The predicted molar refractivity (Wildman–Crippen MR) is 78.7 cm³/mol. The summed E-state index contributed by atoms with van der Waals surface area (Å²) in [6.07, 6.45) is 7.79. The summed E-state index contributed by atoms with van der Waals surface area (Å²) in [5.74, 6) is 1.40. The summed E-state index contributed by atoms with van der Waals surface area (Å²) in [5, 5.41) is 3.65. The Morgan fingerprint density at radius 2 is 1.89 bits per heavy atom. The standard InChI is InChI=1S/C16H30N2O/c1-5-8-12(4)18-15(13-9-6-7-10-13)17-14(11(2)3)16(18)19/h11-15,17H,5-10H2,1-4H3. The molecule has 1 aliphatic carbocycles. The number of nitrogens with one attached hydrogen (secondary N) is 1. The fraction of sp³-hybridized carbons (Fsp3) is 0.938. The monoisotopic (exact) mass is 266 g/mol. The van der Waals surface area contributed by atoms with Gasteiger partial charge < -0.3 is 4.90 Å². The first kappa shape index (κ1) is 14.8. The molecule has 3 nitrogen and oxygen atoms in total. The van der Waals surface area contributed by atoms with Gasteiger partial charge in [0, 0.05) is 6.04 Å². The van der Waals surface area contributed by atoms with Crippen molar-refractivity contribution in [1.82, 2.24) is 10.2 Å². The third-order valence-electron chi connectivity index (χ3n) is 4.86. The Hall–Kier alpha value is -0.570. The first-order chi connectivity index (χ1) is 9.06. The van der Waals surface area contributed by atoms with Crippen molar-refractivity contribution in [2.75, 3.05) is 0 Å². The highest BCUT2D eigenvalue weighted by Gasteiger charge is 2.45. The second kappa shape index (κ2) is 6.25. The Kier molecular flexibility index (Phi) is 4.88. The van der Waals surface area contributed by atoms with Gasteiger partial charge in [-0.15, -0.1) is 0 Å².